The van der Waals surface area contributed by atoms with Gasteiger partial charge in [0.2, 0.25) is 0 Å². The maximum Gasteiger partial charge on any atom is 0.254 e. The van der Waals surface area contributed by atoms with Crippen LogP contribution >= 0.6 is 0 Å². The van der Waals surface area contributed by atoms with Crippen molar-refractivity contribution < 1.29 is 18.0 Å². The van der Waals surface area contributed by atoms with Crippen LogP contribution < -0.4 is 0 Å². The summed E-state index contributed by atoms with van der Waals surface area (Å²) < 4.78 is 32.3. The molecule has 3 aromatic rings. The number of halogens is 2. The highest BCUT2D eigenvalue weighted by atomic mass is 19.2. The minimum Gasteiger partial charge on any atom is -0.445 e. The van der Waals surface area contributed by atoms with Crippen molar-refractivity contribution >= 4 is 5.91 Å². The number of carbonyl (C=O) groups is 1. The number of carbonyl (C=O) groups excluding carboxylic acids is 1. The standard InChI is InChI=1S/C21H18F2N2O2/c22-16-8-7-15(12-17(16)23)21(26)25-11-10-19-18(13-25)24-20(27-19)9-6-14-4-2-1-3-5-14/h1-5,7-8,12H,6,9-11,13H2. The fraction of sp³-hybridized carbons (Fsp3) is 0.238. The number of fused-ring (bicyclic) bond motifs is 1. The zero-order chi connectivity index (χ0) is 18.8. The second kappa shape index (κ2) is 7.31. The molecule has 0 aliphatic carbocycles. The number of amides is 1. The molecule has 0 saturated heterocycles. The van der Waals surface area contributed by atoms with Gasteiger partial charge in [-0.15, -0.1) is 0 Å². The summed E-state index contributed by atoms with van der Waals surface area (Å²) in [7, 11) is 0. The summed E-state index contributed by atoms with van der Waals surface area (Å²) in [4.78, 5) is 18.7. The second-order valence-corrected chi connectivity index (χ2v) is 6.57. The van der Waals surface area contributed by atoms with Crippen molar-refractivity contribution in [2.75, 3.05) is 6.54 Å². The lowest BCUT2D eigenvalue weighted by molar-refractivity contribution is 0.0727. The summed E-state index contributed by atoms with van der Waals surface area (Å²) in [5.41, 5.74) is 2.08. The Kier molecular flexibility index (Phi) is 4.71. The first kappa shape index (κ1) is 17.4. The molecule has 6 heteroatoms. The van der Waals surface area contributed by atoms with Crippen molar-refractivity contribution in [2.24, 2.45) is 0 Å². The summed E-state index contributed by atoms with van der Waals surface area (Å²) in [6.07, 6.45) is 2.08. The maximum absolute atomic E-state index is 13.4. The van der Waals surface area contributed by atoms with E-state index in [0.717, 1.165) is 30.0 Å². The normalized spacial score (nSPS) is 13.5. The van der Waals surface area contributed by atoms with Crippen LogP contribution in [0.15, 0.2) is 52.9 Å². The van der Waals surface area contributed by atoms with Crippen LogP contribution in [0.25, 0.3) is 0 Å². The highest BCUT2D eigenvalue weighted by Gasteiger charge is 2.26. The number of aromatic nitrogens is 1. The van der Waals surface area contributed by atoms with Crippen LogP contribution in [0.4, 0.5) is 8.78 Å². The van der Waals surface area contributed by atoms with E-state index in [1.807, 2.05) is 18.2 Å². The van der Waals surface area contributed by atoms with Crippen molar-refractivity contribution in [1.29, 1.82) is 0 Å². The Morgan fingerprint density at radius 3 is 2.67 bits per heavy atom. The number of benzene rings is 2. The van der Waals surface area contributed by atoms with Gasteiger partial charge in [0.25, 0.3) is 5.91 Å². The summed E-state index contributed by atoms with van der Waals surface area (Å²) >= 11 is 0. The lowest BCUT2D eigenvalue weighted by Crippen LogP contribution is -2.35. The Labute approximate surface area is 155 Å². The van der Waals surface area contributed by atoms with Gasteiger partial charge >= 0.3 is 0 Å². The van der Waals surface area contributed by atoms with Crippen LogP contribution in [0.1, 0.15) is 33.3 Å². The molecule has 1 amide bonds. The van der Waals surface area contributed by atoms with Crippen LogP contribution in [-0.2, 0) is 25.8 Å². The van der Waals surface area contributed by atoms with Crippen molar-refractivity contribution in [3.8, 4) is 0 Å². The van der Waals surface area contributed by atoms with Gasteiger partial charge in [-0.1, -0.05) is 30.3 Å². The zero-order valence-corrected chi connectivity index (χ0v) is 14.6. The minimum atomic E-state index is -1.02. The Morgan fingerprint density at radius 2 is 1.89 bits per heavy atom. The first-order chi connectivity index (χ1) is 13.1. The van der Waals surface area contributed by atoms with Crippen molar-refractivity contribution in [2.45, 2.75) is 25.8 Å². The molecule has 0 saturated carbocycles. The van der Waals surface area contributed by atoms with Gasteiger partial charge in [0.15, 0.2) is 17.5 Å². The fourth-order valence-corrected chi connectivity index (χ4v) is 3.24. The Bertz CT molecular complexity index is 970. The molecule has 0 fully saturated rings. The Balaban J connectivity index is 1.44. The van der Waals surface area contributed by atoms with E-state index in [4.69, 9.17) is 4.42 Å². The smallest absolute Gasteiger partial charge is 0.254 e. The van der Waals surface area contributed by atoms with E-state index < -0.39 is 11.6 Å². The largest absolute Gasteiger partial charge is 0.445 e. The third-order valence-corrected chi connectivity index (χ3v) is 4.70. The zero-order valence-electron chi connectivity index (χ0n) is 14.6. The van der Waals surface area contributed by atoms with Crippen molar-refractivity contribution in [3.05, 3.63) is 88.6 Å². The molecule has 1 aliphatic heterocycles. The van der Waals surface area contributed by atoms with Gasteiger partial charge in [-0.2, -0.15) is 0 Å². The number of rotatable bonds is 4. The first-order valence-electron chi connectivity index (χ1n) is 8.86. The number of oxazole rings is 1. The molecule has 4 nitrogen and oxygen atoms in total. The SMILES string of the molecule is O=C(c1ccc(F)c(F)c1)N1CCc2oc(CCc3ccccc3)nc2C1. The Hall–Kier alpha value is -3.02. The number of hydrogen-bond acceptors (Lipinski definition) is 3. The van der Waals surface area contributed by atoms with E-state index in [9.17, 15) is 13.6 Å². The summed E-state index contributed by atoms with van der Waals surface area (Å²) in [6, 6.07) is 13.3. The summed E-state index contributed by atoms with van der Waals surface area (Å²) in [5, 5.41) is 0. The lowest BCUT2D eigenvalue weighted by atomic mass is 10.1. The predicted molar refractivity (Wildman–Crippen MR) is 95.2 cm³/mol. The average Bonchev–Trinajstić information content (AvgIpc) is 3.11. The highest BCUT2D eigenvalue weighted by molar-refractivity contribution is 5.94. The molecule has 27 heavy (non-hydrogen) atoms. The van der Waals surface area contributed by atoms with Gasteiger partial charge in [-0.05, 0) is 30.2 Å². The number of nitrogens with zero attached hydrogens (tertiary/aromatic N) is 2. The first-order valence-corrected chi connectivity index (χ1v) is 8.86. The maximum atomic E-state index is 13.4. The van der Waals surface area contributed by atoms with E-state index >= 15 is 0 Å². The van der Waals surface area contributed by atoms with Gasteiger partial charge < -0.3 is 9.32 Å². The molecule has 0 N–H and O–H groups in total. The second-order valence-electron chi connectivity index (χ2n) is 6.57. The third kappa shape index (κ3) is 3.74. The van der Waals surface area contributed by atoms with E-state index in [-0.39, 0.29) is 11.5 Å². The lowest BCUT2D eigenvalue weighted by Gasteiger charge is -2.25. The van der Waals surface area contributed by atoms with Gasteiger partial charge in [-0.25, -0.2) is 13.8 Å². The van der Waals surface area contributed by atoms with E-state index in [0.29, 0.717) is 31.8 Å². The van der Waals surface area contributed by atoms with Crippen LogP contribution in [0.2, 0.25) is 0 Å². The van der Waals surface area contributed by atoms with E-state index in [2.05, 4.69) is 17.1 Å². The molecule has 2 aromatic carbocycles. The van der Waals surface area contributed by atoms with E-state index in [1.54, 1.807) is 4.90 Å². The molecule has 0 unspecified atom stereocenters. The third-order valence-electron chi connectivity index (χ3n) is 4.70. The molecule has 1 aromatic heterocycles. The average molecular weight is 368 g/mol. The van der Waals surface area contributed by atoms with Gasteiger partial charge in [0, 0.05) is 24.9 Å². The quantitative estimate of drug-likeness (QED) is 0.701. The van der Waals surface area contributed by atoms with Gasteiger partial charge in [0.1, 0.15) is 11.5 Å². The van der Waals surface area contributed by atoms with Crippen LogP contribution in [0.3, 0.4) is 0 Å². The number of aryl methyl sites for hydroxylation is 2. The van der Waals surface area contributed by atoms with Crippen LogP contribution in [0, 0.1) is 11.6 Å². The predicted octanol–water partition coefficient (Wildman–Crippen LogP) is 3.94. The summed E-state index contributed by atoms with van der Waals surface area (Å²) in [6.45, 7) is 0.764. The fourth-order valence-electron chi connectivity index (χ4n) is 3.24. The molecule has 2 heterocycles. The molecule has 0 radical (unpaired) electrons. The molecular weight excluding hydrogens is 350 g/mol. The molecule has 0 spiro atoms. The molecule has 4 rings (SSSR count). The van der Waals surface area contributed by atoms with Crippen LogP contribution in [0.5, 0.6) is 0 Å². The monoisotopic (exact) mass is 368 g/mol. The van der Waals surface area contributed by atoms with Crippen molar-refractivity contribution in [1.82, 2.24) is 9.88 Å². The molecule has 1 aliphatic rings. The van der Waals surface area contributed by atoms with E-state index in [1.165, 1.54) is 11.6 Å². The van der Waals surface area contributed by atoms with Gasteiger partial charge in [-0.3, -0.25) is 4.79 Å². The topological polar surface area (TPSA) is 46.3 Å². The molecule has 0 atom stereocenters. The highest BCUT2D eigenvalue weighted by Crippen LogP contribution is 2.22. The molecule has 0 bridgehead atoms. The number of hydrogen-bond donors (Lipinski definition) is 0. The molecule has 138 valence electrons. The van der Waals surface area contributed by atoms with Crippen LogP contribution in [-0.4, -0.2) is 22.3 Å². The van der Waals surface area contributed by atoms with Crippen molar-refractivity contribution in [3.63, 3.8) is 0 Å². The summed E-state index contributed by atoms with van der Waals surface area (Å²) in [5.74, 6) is -0.873. The Morgan fingerprint density at radius 1 is 1.07 bits per heavy atom. The van der Waals surface area contributed by atoms with Gasteiger partial charge in [0.05, 0.1) is 6.54 Å². The minimum absolute atomic E-state index is 0.130. The molecular formula is C21H18F2N2O2.